The number of benzene rings is 1. The molecule has 2 saturated heterocycles. The number of nitrogens with zero attached hydrogens (tertiary/aromatic N) is 1. The van der Waals surface area contributed by atoms with Crippen molar-refractivity contribution in [1.82, 2.24) is 10.2 Å². The summed E-state index contributed by atoms with van der Waals surface area (Å²) in [5.41, 5.74) is 1.92. The van der Waals surface area contributed by atoms with Gasteiger partial charge in [-0.25, -0.2) is 0 Å². The highest BCUT2D eigenvalue weighted by Crippen LogP contribution is 2.51. The molecule has 2 amide bonds. The highest BCUT2D eigenvalue weighted by atomic mass is 16.2. The van der Waals surface area contributed by atoms with E-state index in [1.54, 1.807) is 0 Å². The van der Waals surface area contributed by atoms with Crippen LogP contribution in [0.15, 0.2) is 24.3 Å². The van der Waals surface area contributed by atoms with Crippen LogP contribution < -0.4 is 5.32 Å². The Labute approximate surface area is 156 Å². The first kappa shape index (κ1) is 17.6. The van der Waals surface area contributed by atoms with E-state index in [4.69, 9.17) is 0 Å². The van der Waals surface area contributed by atoms with E-state index in [9.17, 15) is 9.59 Å². The topological polar surface area (TPSA) is 49.4 Å². The van der Waals surface area contributed by atoms with Gasteiger partial charge in [0, 0.05) is 30.1 Å². The van der Waals surface area contributed by atoms with Gasteiger partial charge in [0.15, 0.2) is 0 Å². The van der Waals surface area contributed by atoms with Gasteiger partial charge in [-0.1, -0.05) is 24.6 Å². The molecule has 0 unspecified atom stereocenters. The van der Waals surface area contributed by atoms with Crippen LogP contribution in [0.4, 0.5) is 0 Å². The number of aryl methyl sites for hydroxylation is 1. The van der Waals surface area contributed by atoms with Crippen LogP contribution in [0.1, 0.15) is 67.8 Å². The maximum atomic E-state index is 12.7. The molecule has 1 aliphatic carbocycles. The summed E-state index contributed by atoms with van der Waals surface area (Å²) in [6.07, 6.45) is 7.09. The Morgan fingerprint density at radius 3 is 2.88 bits per heavy atom. The van der Waals surface area contributed by atoms with E-state index in [1.807, 2.05) is 31.2 Å². The lowest BCUT2D eigenvalue weighted by molar-refractivity contribution is -0.138. The predicted molar refractivity (Wildman–Crippen MR) is 102 cm³/mol. The highest BCUT2D eigenvalue weighted by Gasteiger charge is 2.55. The van der Waals surface area contributed by atoms with Gasteiger partial charge in [-0.3, -0.25) is 9.59 Å². The van der Waals surface area contributed by atoms with Crippen LogP contribution >= 0.6 is 0 Å². The van der Waals surface area contributed by atoms with Crippen molar-refractivity contribution in [2.24, 2.45) is 11.8 Å². The molecule has 26 heavy (non-hydrogen) atoms. The lowest BCUT2D eigenvalue weighted by Crippen LogP contribution is -2.59. The third-order valence-corrected chi connectivity index (χ3v) is 7.18. The average molecular weight is 354 g/mol. The Kier molecular flexibility index (Phi) is 4.54. The Balaban J connectivity index is 1.53. The maximum absolute atomic E-state index is 12.7. The number of rotatable bonds is 2. The quantitative estimate of drug-likeness (QED) is 0.881. The van der Waals surface area contributed by atoms with Crippen molar-refractivity contribution < 1.29 is 9.59 Å². The van der Waals surface area contributed by atoms with E-state index in [2.05, 4.69) is 17.1 Å². The minimum atomic E-state index is 0.0366. The van der Waals surface area contributed by atoms with Crippen LogP contribution in [0.2, 0.25) is 0 Å². The Hall–Kier alpha value is -1.84. The van der Waals surface area contributed by atoms with Crippen LogP contribution in [-0.4, -0.2) is 34.8 Å². The second kappa shape index (κ2) is 6.71. The van der Waals surface area contributed by atoms with Gasteiger partial charge in [-0.15, -0.1) is 0 Å². The van der Waals surface area contributed by atoms with Gasteiger partial charge in [0.1, 0.15) is 0 Å². The molecule has 3 fully saturated rings. The van der Waals surface area contributed by atoms with Crippen molar-refractivity contribution >= 4 is 11.8 Å². The first-order valence-electron chi connectivity index (χ1n) is 10.2. The van der Waals surface area contributed by atoms with E-state index >= 15 is 0 Å². The van der Waals surface area contributed by atoms with Gasteiger partial charge in [0.25, 0.3) is 5.91 Å². The predicted octanol–water partition coefficient (Wildman–Crippen LogP) is 3.68. The highest BCUT2D eigenvalue weighted by molar-refractivity contribution is 5.94. The number of hydrogen-bond donors (Lipinski definition) is 1. The molecule has 0 bridgehead atoms. The molecular weight excluding hydrogens is 324 g/mol. The fourth-order valence-corrected chi connectivity index (χ4v) is 5.92. The van der Waals surface area contributed by atoms with Gasteiger partial charge >= 0.3 is 0 Å². The number of hydrogen-bond acceptors (Lipinski definition) is 2. The van der Waals surface area contributed by atoms with E-state index in [1.165, 1.54) is 0 Å². The lowest BCUT2D eigenvalue weighted by Gasteiger charge is -2.52. The molecular formula is C22H30N2O2. The molecule has 0 aromatic heterocycles. The van der Waals surface area contributed by atoms with Crippen molar-refractivity contribution in [2.45, 2.75) is 70.4 Å². The average Bonchev–Trinajstić information content (AvgIpc) is 2.99. The molecule has 2 aliphatic heterocycles. The zero-order chi connectivity index (χ0) is 18.3. The number of amides is 2. The zero-order valence-corrected chi connectivity index (χ0v) is 16.0. The first-order chi connectivity index (χ1) is 12.5. The molecule has 1 saturated carbocycles. The van der Waals surface area contributed by atoms with Gasteiger partial charge in [0.05, 0.1) is 0 Å². The SMILES string of the molecule is Cc1cccc(C(=O)N[C@@H]2CC[C@@]34CCCN3C(=O)CCC[C@H]4[C@H]2C)c1. The van der Waals surface area contributed by atoms with E-state index in [0.717, 1.165) is 56.2 Å². The summed E-state index contributed by atoms with van der Waals surface area (Å²) < 4.78 is 0. The molecule has 1 aromatic rings. The summed E-state index contributed by atoms with van der Waals surface area (Å²) in [4.78, 5) is 27.5. The third-order valence-electron chi connectivity index (χ3n) is 7.18. The zero-order valence-electron chi connectivity index (χ0n) is 16.0. The standard InChI is InChI=1S/C22H30N2O2/c1-15-6-3-7-17(14-15)21(26)23-19-10-12-22-11-5-13-24(22)20(25)9-4-8-18(22)16(19)2/h3,6-7,14,16,18-19H,4-5,8-13H2,1-2H3,(H,23,26)/t16-,18+,19-,22-/m1/s1. The van der Waals surface area contributed by atoms with E-state index in [0.29, 0.717) is 24.2 Å². The molecule has 2 heterocycles. The molecule has 1 aromatic carbocycles. The Morgan fingerprint density at radius 1 is 1.23 bits per heavy atom. The monoisotopic (exact) mass is 354 g/mol. The summed E-state index contributed by atoms with van der Waals surface area (Å²) in [5.74, 6) is 1.31. The van der Waals surface area contributed by atoms with Crippen LogP contribution in [0.3, 0.4) is 0 Å². The molecule has 4 rings (SSSR count). The second-order valence-corrected chi connectivity index (χ2v) is 8.60. The maximum Gasteiger partial charge on any atom is 0.251 e. The molecule has 3 aliphatic rings. The number of carbonyl (C=O) groups excluding carboxylic acids is 2. The lowest BCUT2D eigenvalue weighted by atomic mass is 9.63. The van der Waals surface area contributed by atoms with E-state index < -0.39 is 0 Å². The fourth-order valence-electron chi connectivity index (χ4n) is 5.92. The minimum absolute atomic E-state index is 0.0366. The number of carbonyl (C=O) groups is 2. The normalized spacial score (nSPS) is 34.0. The minimum Gasteiger partial charge on any atom is -0.349 e. The Morgan fingerprint density at radius 2 is 2.08 bits per heavy atom. The van der Waals surface area contributed by atoms with Crippen molar-refractivity contribution in [1.29, 1.82) is 0 Å². The van der Waals surface area contributed by atoms with Crippen molar-refractivity contribution in [3.8, 4) is 0 Å². The first-order valence-corrected chi connectivity index (χ1v) is 10.2. The molecule has 4 heteroatoms. The van der Waals surface area contributed by atoms with Gasteiger partial charge in [0.2, 0.25) is 5.91 Å². The Bertz CT molecular complexity index is 716. The second-order valence-electron chi connectivity index (χ2n) is 8.60. The third kappa shape index (κ3) is 2.83. The molecule has 1 spiro atoms. The molecule has 0 radical (unpaired) electrons. The van der Waals surface area contributed by atoms with Crippen LogP contribution in [0.25, 0.3) is 0 Å². The van der Waals surface area contributed by atoms with Crippen molar-refractivity contribution in [3.05, 3.63) is 35.4 Å². The largest absolute Gasteiger partial charge is 0.349 e. The number of nitrogens with one attached hydrogen (secondary N) is 1. The summed E-state index contributed by atoms with van der Waals surface area (Å²) in [6.45, 7) is 5.24. The molecule has 4 nitrogen and oxygen atoms in total. The van der Waals surface area contributed by atoms with Crippen molar-refractivity contribution in [3.63, 3.8) is 0 Å². The summed E-state index contributed by atoms with van der Waals surface area (Å²) in [7, 11) is 0. The summed E-state index contributed by atoms with van der Waals surface area (Å²) in [6, 6.07) is 8.00. The summed E-state index contributed by atoms with van der Waals surface area (Å²) in [5, 5.41) is 3.31. The molecule has 140 valence electrons. The van der Waals surface area contributed by atoms with Crippen LogP contribution in [0, 0.1) is 18.8 Å². The molecule has 4 atom stereocenters. The molecule has 1 N–H and O–H groups in total. The smallest absolute Gasteiger partial charge is 0.251 e. The van der Waals surface area contributed by atoms with Gasteiger partial charge in [-0.2, -0.15) is 0 Å². The van der Waals surface area contributed by atoms with Gasteiger partial charge in [-0.05, 0) is 69.4 Å². The summed E-state index contributed by atoms with van der Waals surface area (Å²) >= 11 is 0. The van der Waals surface area contributed by atoms with Gasteiger partial charge < -0.3 is 10.2 Å². The van der Waals surface area contributed by atoms with E-state index in [-0.39, 0.29) is 17.5 Å². The van der Waals surface area contributed by atoms with Crippen LogP contribution in [0.5, 0.6) is 0 Å². The fraction of sp³-hybridized carbons (Fsp3) is 0.636. The van der Waals surface area contributed by atoms with Crippen molar-refractivity contribution in [2.75, 3.05) is 6.54 Å². The van der Waals surface area contributed by atoms with Crippen LogP contribution in [-0.2, 0) is 4.79 Å².